The molecule has 1 saturated heterocycles. The Kier molecular flexibility index (Phi) is 8.05. The van der Waals surface area contributed by atoms with E-state index in [2.05, 4.69) is 20.8 Å². The zero-order chi connectivity index (χ0) is 12.5. The summed E-state index contributed by atoms with van der Waals surface area (Å²) in [4.78, 5) is 0. The van der Waals surface area contributed by atoms with Crippen LogP contribution in [0.4, 0.5) is 0 Å². The summed E-state index contributed by atoms with van der Waals surface area (Å²) in [5.41, 5.74) is 0. The molecule has 0 aromatic rings. The Morgan fingerprint density at radius 1 is 1.24 bits per heavy atom. The second-order valence-corrected chi connectivity index (χ2v) is 6.10. The largest absolute Gasteiger partial charge is 0.393 e. The zero-order valence-corrected chi connectivity index (χ0v) is 12.2. The second-order valence-electron chi connectivity index (χ2n) is 4.37. The monoisotopic (exact) mass is 261 g/mol. The highest BCUT2D eigenvalue weighted by Crippen LogP contribution is 2.13. The maximum atomic E-state index is 5.75. The first kappa shape index (κ1) is 15.1. The molecule has 1 fully saturated rings. The van der Waals surface area contributed by atoms with Crippen molar-refractivity contribution < 1.29 is 18.3 Å². The van der Waals surface area contributed by atoms with Crippen molar-refractivity contribution in [2.24, 2.45) is 0 Å². The van der Waals surface area contributed by atoms with Crippen LogP contribution in [-0.4, -0.2) is 47.9 Å². The Morgan fingerprint density at radius 2 is 1.82 bits per heavy atom. The van der Waals surface area contributed by atoms with Gasteiger partial charge in [-0.15, -0.1) is 0 Å². The molecule has 0 aromatic carbocycles. The number of hydrogen-bond donors (Lipinski definition) is 0. The van der Waals surface area contributed by atoms with Gasteiger partial charge in [-0.05, 0) is 19.8 Å². The molecule has 1 heterocycles. The Labute approximate surface area is 106 Å². The van der Waals surface area contributed by atoms with E-state index in [4.69, 9.17) is 18.3 Å². The lowest BCUT2D eigenvalue weighted by Crippen LogP contribution is -2.29. The van der Waals surface area contributed by atoms with E-state index in [9.17, 15) is 0 Å². The molecule has 0 amide bonds. The van der Waals surface area contributed by atoms with Crippen molar-refractivity contribution in [1.29, 1.82) is 0 Å². The highest BCUT2D eigenvalue weighted by atomic mass is 28.3. The molecule has 0 aromatic heterocycles. The van der Waals surface area contributed by atoms with E-state index in [1.807, 2.05) is 0 Å². The molecule has 0 aliphatic carbocycles. The lowest BCUT2D eigenvalue weighted by Gasteiger charge is -2.18. The third-order valence-electron chi connectivity index (χ3n) is 2.36. The van der Waals surface area contributed by atoms with Crippen LogP contribution in [0.15, 0.2) is 0 Å². The van der Waals surface area contributed by atoms with Gasteiger partial charge in [-0.2, -0.15) is 0 Å². The average molecular weight is 261 g/mol. The first-order chi connectivity index (χ1) is 8.26. The fourth-order valence-electron chi connectivity index (χ4n) is 1.32. The molecule has 2 atom stereocenters. The molecule has 1 radical (unpaired) electrons. The quantitative estimate of drug-likeness (QED) is 0.422. The minimum Gasteiger partial charge on any atom is -0.393 e. The van der Waals surface area contributed by atoms with Crippen LogP contribution < -0.4 is 0 Å². The van der Waals surface area contributed by atoms with Crippen LogP contribution in [-0.2, 0) is 18.3 Å². The molecule has 0 bridgehead atoms. The Bertz CT molecular complexity index is 179. The van der Waals surface area contributed by atoms with Gasteiger partial charge in [0.05, 0.1) is 19.3 Å². The highest BCUT2D eigenvalue weighted by Gasteiger charge is 2.25. The maximum absolute atomic E-state index is 5.75. The maximum Gasteiger partial charge on any atom is 0.387 e. The van der Waals surface area contributed by atoms with Gasteiger partial charge < -0.3 is 18.3 Å². The van der Waals surface area contributed by atoms with Crippen molar-refractivity contribution in [3.8, 4) is 0 Å². The SMILES string of the molecule is CCCO[Si](CC(C)OCC1CO1)OCCC. The van der Waals surface area contributed by atoms with E-state index in [0.717, 1.165) is 38.7 Å². The van der Waals surface area contributed by atoms with Crippen molar-refractivity contribution in [2.45, 2.75) is 51.9 Å². The topological polar surface area (TPSA) is 40.2 Å². The third-order valence-corrected chi connectivity index (χ3v) is 4.32. The van der Waals surface area contributed by atoms with Crippen LogP contribution in [0, 0.1) is 0 Å². The van der Waals surface area contributed by atoms with E-state index in [1.54, 1.807) is 0 Å². The normalized spacial score (nSPS) is 20.8. The molecule has 1 aliphatic rings. The van der Waals surface area contributed by atoms with Gasteiger partial charge in [-0.25, -0.2) is 0 Å². The fourth-order valence-corrected chi connectivity index (χ4v) is 3.09. The van der Waals surface area contributed by atoms with Crippen molar-refractivity contribution in [3.05, 3.63) is 0 Å². The summed E-state index contributed by atoms with van der Waals surface area (Å²) < 4.78 is 22.3. The molecule has 0 N–H and O–H groups in total. The summed E-state index contributed by atoms with van der Waals surface area (Å²) in [5, 5.41) is 0. The van der Waals surface area contributed by atoms with Crippen molar-refractivity contribution in [1.82, 2.24) is 0 Å². The molecule has 4 nitrogen and oxygen atoms in total. The highest BCUT2D eigenvalue weighted by molar-refractivity contribution is 6.44. The average Bonchev–Trinajstić information content (AvgIpc) is 3.14. The third kappa shape index (κ3) is 7.89. The van der Waals surface area contributed by atoms with E-state index in [0.29, 0.717) is 12.7 Å². The van der Waals surface area contributed by atoms with Crippen LogP contribution in [0.2, 0.25) is 6.04 Å². The number of hydrogen-bond acceptors (Lipinski definition) is 4. The lowest BCUT2D eigenvalue weighted by molar-refractivity contribution is 0.0581. The van der Waals surface area contributed by atoms with Crippen molar-refractivity contribution in [3.63, 3.8) is 0 Å². The number of rotatable bonds is 11. The van der Waals surface area contributed by atoms with Gasteiger partial charge in [0.2, 0.25) is 0 Å². The van der Waals surface area contributed by atoms with Crippen LogP contribution >= 0.6 is 0 Å². The predicted octanol–water partition coefficient (Wildman–Crippen LogP) is 2.13. The van der Waals surface area contributed by atoms with Crippen molar-refractivity contribution in [2.75, 3.05) is 26.4 Å². The van der Waals surface area contributed by atoms with Crippen LogP contribution in [0.25, 0.3) is 0 Å². The minimum atomic E-state index is -1.16. The Balaban J connectivity index is 2.13. The molecule has 0 saturated carbocycles. The van der Waals surface area contributed by atoms with Crippen molar-refractivity contribution >= 4 is 9.28 Å². The van der Waals surface area contributed by atoms with Crippen LogP contribution in [0.1, 0.15) is 33.6 Å². The Morgan fingerprint density at radius 3 is 2.29 bits per heavy atom. The molecule has 1 aliphatic heterocycles. The molecule has 0 spiro atoms. The summed E-state index contributed by atoms with van der Waals surface area (Å²) in [7, 11) is -1.16. The molecule has 101 valence electrons. The minimum absolute atomic E-state index is 0.196. The van der Waals surface area contributed by atoms with Gasteiger partial charge in [0.15, 0.2) is 0 Å². The van der Waals surface area contributed by atoms with Crippen LogP contribution in [0.3, 0.4) is 0 Å². The van der Waals surface area contributed by atoms with Gasteiger partial charge >= 0.3 is 9.28 Å². The summed E-state index contributed by atoms with van der Waals surface area (Å²) in [6.45, 7) is 9.44. The smallest absolute Gasteiger partial charge is 0.387 e. The fraction of sp³-hybridized carbons (Fsp3) is 1.00. The van der Waals surface area contributed by atoms with E-state index < -0.39 is 9.28 Å². The van der Waals surface area contributed by atoms with Gasteiger partial charge in [-0.1, -0.05) is 13.8 Å². The summed E-state index contributed by atoms with van der Waals surface area (Å²) in [5.74, 6) is 0. The van der Waals surface area contributed by atoms with E-state index >= 15 is 0 Å². The lowest BCUT2D eigenvalue weighted by atomic mass is 10.4. The number of ether oxygens (including phenoxy) is 2. The first-order valence-corrected chi connectivity index (χ1v) is 8.13. The molecular formula is C12H25O4Si. The standard InChI is InChI=1S/C12H25O4Si/c1-4-6-15-17(16-7-5-2)10-11(3)13-8-12-9-14-12/h11-12H,4-10H2,1-3H3. The summed E-state index contributed by atoms with van der Waals surface area (Å²) in [6, 6.07) is 0.886. The molecule has 17 heavy (non-hydrogen) atoms. The molecule has 2 unspecified atom stereocenters. The Hall–Kier alpha value is 0.0569. The zero-order valence-electron chi connectivity index (χ0n) is 11.2. The van der Waals surface area contributed by atoms with Gasteiger partial charge in [0.25, 0.3) is 0 Å². The summed E-state index contributed by atoms with van der Waals surface area (Å²) >= 11 is 0. The first-order valence-electron chi connectivity index (χ1n) is 6.60. The molecule has 5 heteroatoms. The second kappa shape index (κ2) is 9.05. The van der Waals surface area contributed by atoms with Gasteiger partial charge in [0, 0.05) is 19.3 Å². The van der Waals surface area contributed by atoms with Gasteiger partial charge in [-0.3, -0.25) is 0 Å². The predicted molar refractivity (Wildman–Crippen MR) is 68.2 cm³/mol. The molecular weight excluding hydrogens is 236 g/mol. The van der Waals surface area contributed by atoms with Gasteiger partial charge in [0.1, 0.15) is 6.10 Å². The van der Waals surface area contributed by atoms with Crippen LogP contribution in [0.5, 0.6) is 0 Å². The summed E-state index contributed by atoms with van der Waals surface area (Å²) in [6.07, 6.45) is 2.60. The number of epoxide rings is 1. The van der Waals surface area contributed by atoms with E-state index in [1.165, 1.54) is 0 Å². The molecule has 1 rings (SSSR count). The van der Waals surface area contributed by atoms with E-state index in [-0.39, 0.29) is 6.10 Å².